The molecule has 2 aromatic rings. The Morgan fingerprint density at radius 2 is 1.59 bits per heavy atom. The summed E-state index contributed by atoms with van der Waals surface area (Å²) in [5, 5.41) is 9.28. The van der Waals surface area contributed by atoms with Gasteiger partial charge in [0.1, 0.15) is 0 Å². The van der Waals surface area contributed by atoms with Gasteiger partial charge in [-0.2, -0.15) is 0 Å². The van der Waals surface area contributed by atoms with E-state index in [4.69, 9.17) is 0 Å². The Labute approximate surface area is 184 Å². The maximum atomic E-state index is 13.2. The van der Waals surface area contributed by atoms with E-state index < -0.39 is 41.7 Å². The average Bonchev–Trinajstić information content (AvgIpc) is 2.63. The third-order valence-electron chi connectivity index (χ3n) is 5.35. The molecular weight excluding hydrogens is 456 g/mol. The molecule has 0 amide bonds. The van der Waals surface area contributed by atoms with Crippen LogP contribution in [0.25, 0.3) is 11.1 Å². The van der Waals surface area contributed by atoms with Crippen LogP contribution in [0.15, 0.2) is 53.4 Å². The number of nitro groups is 1. The molecule has 0 aliphatic heterocycles. The van der Waals surface area contributed by atoms with Crippen LogP contribution in [0.4, 0.5) is 5.69 Å². The van der Waals surface area contributed by atoms with Crippen molar-refractivity contribution in [3.63, 3.8) is 0 Å². The number of nitrogens with one attached hydrogen (secondary N) is 1. The van der Waals surface area contributed by atoms with Crippen LogP contribution in [0, 0.1) is 24.0 Å². The number of allylic oxidation sites excluding steroid dienone is 3. The standard InChI is InChI=1S/C21H18N2O7S2/c1-12-9-14(10-13(2)20(12)31(27,28)11-23(25)26)22-32(29,30)21-18(24)8-7-17-15-5-3-4-6-16(15)19(17)21/h3-10,21-22H,11H2,1-2H3. The first-order chi connectivity index (χ1) is 14.9. The molecule has 0 heterocycles. The van der Waals surface area contributed by atoms with E-state index in [9.17, 15) is 31.7 Å². The molecule has 0 spiro atoms. The molecule has 0 fully saturated rings. The Balaban J connectivity index is 1.70. The number of sulfonamides is 1. The summed E-state index contributed by atoms with van der Waals surface area (Å²) in [6.07, 6.45) is 2.84. The largest absolute Gasteiger partial charge is 0.305 e. The summed E-state index contributed by atoms with van der Waals surface area (Å²) < 4.78 is 53.5. The molecule has 0 saturated carbocycles. The second kappa shape index (κ2) is 7.38. The topological polar surface area (TPSA) is 141 Å². The van der Waals surface area contributed by atoms with Crippen LogP contribution in [0.3, 0.4) is 0 Å². The fourth-order valence-electron chi connectivity index (χ4n) is 4.27. The number of ketones is 1. The number of hydrogen-bond donors (Lipinski definition) is 1. The Bertz CT molecular complexity index is 1450. The summed E-state index contributed by atoms with van der Waals surface area (Å²) >= 11 is 0. The highest BCUT2D eigenvalue weighted by molar-refractivity contribution is 7.94. The zero-order valence-corrected chi connectivity index (χ0v) is 18.7. The summed E-state index contributed by atoms with van der Waals surface area (Å²) in [6.45, 7) is 2.85. The zero-order valence-electron chi connectivity index (χ0n) is 17.0. The monoisotopic (exact) mass is 474 g/mol. The van der Waals surface area contributed by atoms with Gasteiger partial charge >= 0.3 is 5.88 Å². The average molecular weight is 475 g/mol. The number of carbonyl (C=O) groups excluding carboxylic acids is 1. The van der Waals surface area contributed by atoms with Crippen LogP contribution in [0.2, 0.25) is 0 Å². The van der Waals surface area contributed by atoms with Gasteiger partial charge in [-0.05, 0) is 65.5 Å². The summed E-state index contributed by atoms with van der Waals surface area (Å²) in [5.41, 5.74) is 3.09. The van der Waals surface area contributed by atoms with E-state index in [-0.39, 0.29) is 21.7 Å². The Kier molecular flexibility index (Phi) is 5.05. The van der Waals surface area contributed by atoms with Crippen LogP contribution < -0.4 is 4.72 Å². The lowest BCUT2D eigenvalue weighted by molar-refractivity contribution is -0.458. The number of anilines is 1. The fraction of sp³-hybridized carbons (Fsp3) is 0.190. The van der Waals surface area contributed by atoms with Gasteiger partial charge < -0.3 is 0 Å². The minimum atomic E-state index is -4.23. The van der Waals surface area contributed by atoms with Crippen molar-refractivity contribution >= 4 is 42.5 Å². The molecule has 0 radical (unpaired) electrons. The number of nitrogens with zero attached hydrogens (tertiary/aromatic N) is 1. The molecule has 1 unspecified atom stereocenters. The second-order valence-corrected chi connectivity index (χ2v) is 11.3. The van der Waals surface area contributed by atoms with Crippen molar-refractivity contribution in [1.82, 2.24) is 0 Å². The van der Waals surface area contributed by atoms with Crippen LogP contribution in [0.1, 0.15) is 22.3 Å². The molecule has 9 nitrogen and oxygen atoms in total. The molecule has 0 bridgehead atoms. The van der Waals surface area contributed by atoms with Gasteiger partial charge in [0, 0.05) is 10.6 Å². The smallest absolute Gasteiger partial charge is 0.293 e. The number of carbonyl (C=O) groups is 1. The number of fused-ring (bicyclic) bond motifs is 3. The first-order valence-corrected chi connectivity index (χ1v) is 12.7. The normalized spacial score (nSPS) is 17.4. The molecule has 11 heteroatoms. The predicted octanol–water partition coefficient (Wildman–Crippen LogP) is 2.48. The third kappa shape index (κ3) is 3.53. The van der Waals surface area contributed by atoms with E-state index in [0.29, 0.717) is 16.7 Å². The number of sulfone groups is 1. The van der Waals surface area contributed by atoms with Crippen LogP contribution in [0.5, 0.6) is 0 Å². The number of rotatable bonds is 6. The van der Waals surface area contributed by atoms with Crippen LogP contribution in [-0.4, -0.2) is 38.7 Å². The second-order valence-electron chi connectivity index (χ2n) is 7.65. The summed E-state index contributed by atoms with van der Waals surface area (Å²) in [5.74, 6) is -1.84. The first-order valence-electron chi connectivity index (χ1n) is 9.45. The minimum absolute atomic E-state index is 0.0668. The Morgan fingerprint density at radius 1 is 1.00 bits per heavy atom. The molecule has 0 saturated heterocycles. The van der Waals surface area contributed by atoms with E-state index in [1.54, 1.807) is 18.2 Å². The molecule has 2 aliphatic rings. The molecule has 2 aliphatic carbocycles. The highest BCUT2D eigenvalue weighted by Gasteiger charge is 2.43. The molecule has 4 rings (SSSR count). The first kappa shape index (κ1) is 21.9. The quantitative estimate of drug-likeness (QED) is 0.501. The lowest BCUT2D eigenvalue weighted by atomic mass is 9.75. The van der Waals surface area contributed by atoms with Gasteiger partial charge in [-0.3, -0.25) is 19.6 Å². The number of benzene rings is 2. The van der Waals surface area contributed by atoms with Crippen molar-refractivity contribution in [2.45, 2.75) is 24.0 Å². The van der Waals surface area contributed by atoms with Gasteiger partial charge in [-0.25, -0.2) is 16.8 Å². The van der Waals surface area contributed by atoms with E-state index in [0.717, 1.165) is 5.56 Å². The zero-order chi connectivity index (χ0) is 23.4. The summed E-state index contributed by atoms with van der Waals surface area (Å²) in [6, 6.07) is 9.76. The number of aryl methyl sites for hydroxylation is 2. The highest BCUT2D eigenvalue weighted by atomic mass is 32.2. The highest BCUT2D eigenvalue weighted by Crippen LogP contribution is 2.47. The van der Waals surface area contributed by atoms with Crippen molar-refractivity contribution in [3.05, 3.63) is 80.9 Å². The molecular formula is C21H18N2O7S2. The Hall–Kier alpha value is -3.31. The molecule has 32 heavy (non-hydrogen) atoms. The SMILES string of the molecule is Cc1cc(NS(=O)(=O)C2C(=O)C=CC3=C2c2ccccc23)cc(C)c1S(=O)(=O)C[N+](=O)[O-]. The van der Waals surface area contributed by atoms with Gasteiger partial charge in [0.15, 0.2) is 11.0 Å². The van der Waals surface area contributed by atoms with Crippen molar-refractivity contribution in [2.24, 2.45) is 0 Å². The van der Waals surface area contributed by atoms with Gasteiger partial charge in [0.05, 0.1) is 4.90 Å². The van der Waals surface area contributed by atoms with Gasteiger partial charge in [-0.1, -0.05) is 30.3 Å². The van der Waals surface area contributed by atoms with Gasteiger partial charge in [0.2, 0.25) is 19.9 Å². The molecule has 2 aromatic carbocycles. The summed E-state index contributed by atoms with van der Waals surface area (Å²) in [7, 11) is -8.42. The third-order valence-corrected chi connectivity index (χ3v) is 8.78. The maximum Gasteiger partial charge on any atom is 0.305 e. The van der Waals surface area contributed by atoms with Crippen molar-refractivity contribution in [3.8, 4) is 0 Å². The fourth-order valence-corrected chi connectivity index (χ4v) is 7.29. The van der Waals surface area contributed by atoms with E-state index in [1.165, 1.54) is 32.1 Å². The van der Waals surface area contributed by atoms with E-state index in [1.807, 2.05) is 12.1 Å². The number of hydrogen-bond acceptors (Lipinski definition) is 7. The predicted molar refractivity (Wildman–Crippen MR) is 119 cm³/mol. The van der Waals surface area contributed by atoms with Gasteiger partial charge in [-0.15, -0.1) is 0 Å². The summed E-state index contributed by atoms with van der Waals surface area (Å²) in [4.78, 5) is 22.1. The molecule has 1 N–H and O–H groups in total. The maximum absolute atomic E-state index is 13.2. The molecule has 0 aromatic heterocycles. The van der Waals surface area contributed by atoms with Crippen LogP contribution in [-0.2, 0) is 24.7 Å². The van der Waals surface area contributed by atoms with Crippen molar-refractivity contribution in [2.75, 3.05) is 10.6 Å². The van der Waals surface area contributed by atoms with Crippen molar-refractivity contribution < 1.29 is 26.6 Å². The van der Waals surface area contributed by atoms with Gasteiger partial charge in [0.25, 0.3) is 0 Å². The van der Waals surface area contributed by atoms with Crippen LogP contribution >= 0.6 is 0 Å². The lowest BCUT2D eigenvalue weighted by Crippen LogP contribution is -2.39. The van der Waals surface area contributed by atoms with E-state index in [2.05, 4.69) is 4.72 Å². The van der Waals surface area contributed by atoms with E-state index >= 15 is 0 Å². The lowest BCUT2D eigenvalue weighted by Gasteiger charge is -2.33. The molecule has 1 atom stereocenters. The van der Waals surface area contributed by atoms with Crippen molar-refractivity contribution in [1.29, 1.82) is 0 Å². The minimum Gasteiger partial charge on any atom is -0.293 e. The molecule has 166 valence electrons. The Morgan fingerprint density at radius 3 is 2.19 bits per heavy atom.